The monoisotopic (exact) mass is 338 g/mol. The molecule has 124 valence electrons. The van der Waals surface area contributed by atoms with Crippen LogP contribution in [0.3, 0.4) is 0 Å². The summed E-state index contributed by atoms with van der Waals surface area (Å²) in [5, 5.41) is 0. The number of anilines is 1. The summed E-state index contributed by atoms with van der Waals surface area (Å²) < 4.78 is 62.7. The van der Waals surface area contributed by atoms with Crippen molar-refractivity contribution in [1.29, 1.82) is 0 Å². The van der Waals surface area contributed by atoms with Gasteiger partial charge in [-0.1, -0.05) is 0 Å². The van der Waals surface area contributed by atoms with E-state index >= 15 is 0 Å². The quantitative estimate of drug-likeness (QED) is 0.895. The van der Waals surface area contributed by atoms with Crippen molar-refractivity contribution in [3.8, 4) is 0 Å². The molecule has 1 fully saturated rings. The van der Waals surface area contributed by atoms with Crippen LogP contribution in [0.15, 0.2) is 12.3 Å². The molecule has 0 aliphatic carbocycles. The Bertz CT molecular complexity index is 621. The normalized spacial score (nSPS) is 20.2. The lowest BCUT2D eigenvalue weighted by molar-refractivity contribution is -0.141. The van der Waals surface area contributed by atoms with Gasteiger partial charge in [-0.3, -0.25) is 0 Å². The Morgan fingerprint density at radius 1 is 1.45 bits per heavy atom. The van der Waals surface area contributed by atoms with Gasteiger partial charge in [0.2, 0.25) is 16.0 Å². The van der Waals surface area contributed by atoms with Gasteiger partial charge in [0.1, 0.15) is 5.69 Å². The minimum atomic E-state index is -4.51. The molecule has 1 N–H and O–H groups in total. The summed E-state index contributed by atoms with van der Waals surface area (Å²) in [6.07, 6.45) is -0.800. The molecule has 1 saturated heterocycles. The minimum absolute atomic E-state index is 0.0154. The third kappa shape index (κ3) is 4.80. The van der Waals surface area contributed by atoms with Gasteiger partial charge in [-0.25, -0.2) is 23.1 Å². The van der Waals surface area contributed by atoms with Crippen molar-refractivity contribution in [2.45, 2.75) is 19.0 Å². The van der Waals surface area contributed by atoms with Gasteiger partial charge in [-0.2, -0.15) is 13.2 Å². The van der Waals surface area contributed by atoms with Crippen molar-refractivity contribution in [2.75, 3.05) is 30.8 Å². The number of nitrogens with one attached hydrogen (secondary N) is 1. The molecule has 2 heterocycles. The first-order valence-electron chi connectivity index (χ1n) is 6.75. The second-order valence-electron chi connectivity index (χ2n) is 5.31. The molecule has 6 nitrogen and oxygen atoms in total. The standard InChI is InChI=1S/C12H17F3N4O2S/c1-22(20,21)17-7-9-3-2-6-19(8-9)11-16-5-4-10(18-11)12(13,14)15/h4-5,9,17H,2-3,6-8H2,1H3/t9-/m0/s1. The van der Waals surface area contributed by atoms with E-state index < -0.39 is 21.9 Å². The molecule has 22 heavy (non-hydrogen) atoms. The summed E-state index contributed by atoms with van der Waals surface area (Å²) in [6.45, 7) is 1.23. The Balaban J connectivity index is 2.06. The van der Waals surface area contributed by atoms with Gasteiger partial charge in [0.05, 0.1) is 6.26 Å². The maximum atomic E-state index is 12.7. The first-order valence-corrected chi connectivity index (χ1v) is 8.64. The van der Waals surface area contributed by atoms with Crippen molar-refractivity contribution in [3.63, 3.8) is 0 Å². The number of halogens is 3. The number of sulfonamides is 1. The molecule has 1 aromatic rings. The average molecular weight is 338 g/mol. The van der Waals surface area contributed by atoms with Crippen LogP contribution in [0.1, 0.15) is 18.5 Å². The van der Waals surface area contributed by atoms with Crippen LogP contribution in [-0.2, 0) is 16.2 Å². The lowest BCUT2D eigenvalue weighted by atomic mass is 9.99. The van der Waals surface area contributed by atoms with Crippen LogP contribution in [0.4, 0.5) is 19.1 Å². The summed E-state index contributed by atoms with van der Waals surface area (Å²) in [5.74, 6) is 0.0421. The van der Waals surface area contributed by atoms with Gasteiger partial charge in [-0.05, 0) is 24.8 Å². The summed E-state index contributed by atoms with van der Waals surface area (Å²) in [7, 11) is -3.28. The van der Waals surface area contributed by atoms with Crippen LogP contribution in [0.5, 0.6) is 0 Å². The largest absolute Gasteiger partial charge is 0.433 e. The van der Waals surface area contributed by atoms with E-state index in [1.807, 2.05) is 0 Å². The fourth-order valence-electron chi connectivity index (χ4n) is 2.34. The fourth-order valence-corrected chi connectivity index (χ4v) is 2.88. The molecule has 1 aliphatic heterocycles. The molecular formula is C12H17F3N4O2S. The van der Waals surface area contributed by atoms with Crippen LogP contribution in [0, 0.1) is 5.92 Å². The molecule has 0 saturated carbocycles. The smallest absolute Gasteiger partial charge is 0.340 e. The maximum Gasteiger partial charge on any atom is 0.433 e. The van der Waals surface area contributed by atoms with Crippen LogP contribution in [0.25, 0.3) is 0 Å². The first kappa shape index (κ1) is 16.9. The van der Waals surface area contributed by atoms with Crippen molar-refractivity contribution in [2.24, 2.45) is 5.92 Å². The highest BCUT2D eigenvalue weighted by molar-refractivity contribution is 7.88. The maximum absolute atomic E-state index is 12.7. The van der Waals surface area contributed by atoms with Gasteiger partial charge >= 0.3 is 6.18 Å². The number of hydrogen-bond donors (Lipinski definition) is 1. The number of alkyl halides is 3. The summed E-state index contributed by atoms with van der Waals surface area (Å²) in [5.41, 5.74) is -0.978. The first-order chi connectivity index (χ1) is 10.1. The number of piperidine rings is 1. The van der Waals surface area contributed by atoms with E-state index in [1.54, 1.807) is 4.90 Å². The Morgan fingerprint density at radius 3 is 2.82 bits per heavy atom. The molecule has 0 spiro atoms. The summed E-state index contributed by atoms with van der Waals surface area (Å²) >= 11 is 0. The number of rotatable bonds is 4. The van der Waals surface area contributed by atoms with Gasteiger partial charge in [-0.15, -0.1) is 0 Å². The lowest BCUT2D eigenvalue weighted by Crippen LogP contribution is -2.41. The van der Waals surface area contributed by atoms with Crippen molar-refractivity contribution >= 4 is 16.0 Å². The lowest BCUT2D eigenvalue weighted by Gasteiger charge is -2.32. The van der Waals surface area contributed by atoms with Crippen LogP contribution >= 0.6 is 0 Å². The van der Waals surface area contributed by atoms with E-state index in [9.17, 15) is 21.6 Å². The molecule has 1 atom stereocenters. The van der Waals surface area contributed by atoms with E-state index in [1.165, 1.54) is 0 Å². The van der Waals surface area contributed by atoms with Crippen molar-refractivity contribution < 1.29 is 21.6 Å². The highest BCUT2D eigenvalue weighted by Gasteiger charge is 2.33. The van der Waals surface area contributed by atoms with Gasteiger partial charge in [0, 0.05) is 25.8 Å². The zero-order valence-electron chi connectivity index (χ0n) is 12.0. The SMILES string of the molecule is CS(=O)(=O)NC[C@@H]1CCCN(c2nccc(C(F)(F)F)n2)C1. The van der Waals surface area contributed by atoms with Gasteiger partial charge in [0.25, 0.3) is 0 Å². The molecule has 0 bridgehead atoms. The van der Waals surface area contributed by atoms with Gasteiger partial charge in [0.15, 0.2) is 0 Å². The molecule has 0 unspecified atom stereocenters. The fraction of sp³-hybridized carbons (Fsp3) is 0.667. The third-order valence-electron chi connectivity index (χ3n) is 3.37. The van der Waals surface area contributed by atoms with E-state index in [0.717, 1.165) is 31.4 Å². The van der Waals surface area contributed by atoms with E-state index in [4.69, 9.17) is 0 Å². The third-order valence-corrected chi connectivity index (χ3v) is 4.06. The van der Waals surface area contributed by atoms with Crippen molar-refractivity contribution in [1.82, 2.24) is 14.7 Å². The molecule has 0 radical (unpaired) electrons. The Kier molecular flexibility index (Phi) is 4.90. The van der Waals surface area contributed by atoms with E-state index in [2.05, 4.69) is 14.7 Å². The van der Waals surface area contributed by atoms with Crippen LogP contribution in [0.2, 0.25) is 0 Å². The molecule has 0 aromatic carbocycles. The number of nitrogens with zero attached hydrogens (tertiary/aromatic N) is 3. The molecular weight excluding hydrogens is 321 g/mol. The highest BCUT2D eigenvalue weighted by Crippen LogP contribution is 2.29. The Hall–Kier alpha value is -1.42. The average Bonchev–Trinajstić information content (AvgIpc) is 2.44. The second-order valence-corrected chi connectivity index (χ2v) is 7.15. The summed E-state index contributed by atoms with van der Waals surface area (Å²) in [4.78, 5) is 9.12. The van der Waals surface area contributed by atoms with Crippen LogP contribution in [-0.4, -0.2) is 44.3 Å². The predicted molar refractivity (Wildman–Crippen MR) is 74.8 cm³/mol. The highest BCUT2D eigenvalue weighted by atomic mass is 32.2. The molecule has 0 amide bonds. The number of aromatic nitrogens is 2. The van der Waals surface area contributed by atoms with Gasteiger partial charge < -0.3 is 4.90 Å². The number of hydrogen-bond acceptors (Lipinski definition) is 5. The second kappa shape index (κ2) is 6.37. The van der Waals surface area contributed by atoms with Crippen LogP contribution < -0.4 is 9.62 Å². The van der Waals surface area contributed by atoms with Crippen molar-refractivity contribution in [3.05, 3.63) is 18.0 Å². The summed E-state index contributed by atoms with van der Waals surface area (Å²) in [6, 6.07) is 0.830. The molecule has 10 heteroatoms. The zero-order chi connectivity index (χ0) is 16.4. The molecule has 2 rings (SSSR count). The minimum Gasteiger partial charge on any atom is -0.340 e. The molecule has 1 aromatic heterocycles. The topological polar surface area (TPSA) is 75.2 Å². The molecule has 1 aliphatic rings. The Morgan fingerprint density at radius 2 is 2.18 bits per heavy atom. The predicted octanol–water partition coefficient (Wildman–Crippen LogP) is 1.26. The van der Waals surface area contributed by atoms with E-state index in [-0.39, 0.29) is 18.4 Å². The van der Waals surface area contributed by atoms with E-state index in [0.29, 0.717) is 13.1 Å². The zero-order valence-corrected chi connectivity index (χ0v) is 12.8. The Labute approximate surface area is 126 Å².